The van der Waals surface area contributed by atoms with Gasteiger partial charge in [-0.2, -0.15) is 14.0 Å². The maximum absolute atomic E-state index is 15.8. The van der Waals surface area contributed by atoms with Gasteiger partial charge in [0.1, 0.15) is 5.69 Å². The second kappa shape index (κ2) is 10.3. The van der Waals surface area contributed by atoms with Crippen LogP contribution in [0.25, 0.3) is 22.5 Å². The van der Waals surface area contributed by atoms with Gasteiger partial charge >= 0.3 is 5.92 Å². The third kappa shape index (κ3) is 4.54. The Hall–Kier alpha value is -4.42. The van der Waals surface area contributed by atoms with E-state index in [4.69, 9.17) is 4.74 Å². The number of benzene rings is 2. The van der Waals surface area contributed by atoms with E-state index in [0.717, 1.165) is 30.5 Å². The van der Waals surface area contributed by atoms with Crippen molar-refractivity contribution in [1.29, 1.82) is 5.26 Å². The molecule has 0 amide bonds. The molecule has 6 rings (SSSR count). The largest absolute Gasteiger partial charge is 0.490 e. The predicted octanol–water partition coefficient (Wildman–Crippen LogP) is 5.29. The number of nitriles is 1. The molecule has 40 heavy (non-hydrogen) atoms. The smallest absolute Gasteiger partial charge is 0.314 e. The topological polar surface area (TPSA) is 92.8 Å². The Kier molecular flexibility index (Phi) is 6.64. The fourth-order valence-corrected chi connectivity index (χ4v) is 5.60. The number of nitrogens with one attached hydrogen (secondary N) is 1. The molecule has 0 radical (unpaired) electrons. The lowest BCUT2D eigenvalue weighted by Crippen LogP contribution is -2.31. The van der Waals surface area contributed by atoms with Crippen LogP contribution in [0.15, 0.2) is 71.8 Å². The van der Waals surface area contributed by atoms with Crippen molar-refractivity contribution in [3.8, 4) is 34.3 Å². The highest BCUT2D eigenvalue weighted by Gasteiger charge is 2.47. The van der Waals surface area contributed by atoms with E-state index < -0.39 is 17.5 Å². The van der Waals surface area contributed by atoms with Crippen molar-refractivity contribution >= 4 is 0 Å². The highest BCUT2D eigenvalue weighted by Crippen LogP contribution is 2.51. The molecule has 1 atom stereocenters. The number of alkyl halides is 2. The summed E-state index contributed by atoms with van der Waals surface area (Å²) in [6, 6.07) is 15.4. The van der Waals surface area contributed by atoms with Crippen molar-refractivity contribution in [2.75, 3.05) is 19.7 Å². The quantitative estimate of drug-likeness (QED) is 0.358. The molecule has 2 aromatic carbocycles. The number of nitrogens with zero attached hydrogens (tertiary/aromatic N) is 4. The third-order valence-electron chi connectivity index (χ3n) is 7.79. The summed E-state index contributed by atoms with van der Waals surface area (Å²) in [5, 5.41) is 12.6. The molecule has 1 fully saturated rings. The van der Waals surface area contributed by atoms with E-state index >= 15 is 8.78 Å². The van der Waals surface area contributed by atoms with Crippen molar-refractivity contribution in [1.82, 2.24) is 19.9 Å². The fourth-order valence-electron chi connectivity index (χ4n) is 5.60. The van der Waals surface area contributed by atoms with Crippen molar-refractivity contribution in [2.45, 2.75) is 31.7 Å². The Balaban J connectivity index is 1.29. The van der Waals surface area contributed by atoms with Crippen LogP contribution in [-0.2, 0) is 5.92 Å². The normalized spacial score (nSPS) is 16.6. The number of aromatic nitrogens is 3. The van der Waals surface area contributed by atoms with Crippen molar-refractivity contribution < 1.29 is 13.5 Å². The zero-order chi connectivity index (χ0) is 27.9. The monoisotopic (exact) mass is 539 g/mol. The van der Waals surface area contributed by atoms with Gasteiger partial charge in [-0.25, -0.2) is 9.97 Å². The van der Waals surface area contributed by atoms with Gasteiger partial charge in [0, 0.05) is 22.8 Å². The second-order valence-corrected chi connectivity index (χ2v) is 10.3. The molecule has 4 aromatic rings. The van der Waals surface area contributed by atoms with Gasteiger partial charge in [0.2, 0.25) is 0 Å². The van der Waals surface area contributed by atoms with E-state index in [9.17, 15) is 10.1 Å². The first-order valence-electron chi connectivity index (χ1n) is 13.3. The molecule has 1 aliphatic carbocycles. The molecular formula is C31H27F2N5O2. The summed E-state index contributed by atoms with van der Waals surface area (Å²) in [5.74, 6) is -1.82. The van der Waals surface area contributed by atoms with Gasteiger partial charge in [-0.1, -0.05) is 24.3 Å². The Morgan fingerprint density at radius 1 is 1.10 bits per heavy atom. The number of rotatable bonds is 6. The van der Waals surface area contributed by atoms with Gasteiger partial charge in [-0.15, -0.1) is 0 Å². The van der Waals surface area contributed by atoms with Crippen LogP contribution >= 0.6 is 0 Å². The summed E-state index contributed by atoms with van der Waals surface area (Å²) in [6.07, 6.45) is 5.44. The number of pyridine rings is 1. The number of hydrogen-bond donors (Lipinski definition) is 1. The minimum atomic E-state index is -3.39. The summed E-state index contributed by atoms with van der Waals surface area (Å²) in [5.41, 5.74) is 1.05. The van der Waals surface area contributed by atoms with Gasteiger partial charge in [-0.3, -0.25) is 9.36 Å². The number of hydrogen-bond acceptors (Lipinski definition) is 6. The summed E-state index contributed by atoms with van der Waals surface area (Å²) in [7, 11) is 0. The SMILES string of the molecule is C[C@H](c1cccc(-c2ncc(OCC3CCNCC3)cn2)c1)n1c2c(ccc1=O)-c1cc(C#N)ccc1C2(F)F. The van der Waals surface area contributed by atoms with E-state index in [2.05, 4.69) is 15.3 Å². The zero-order valence-electron chi connectivity index (χ0n) is 21.9. The molecule has 7 nitrogen and oxygen atoms in total. The Morgan fingerprint density at radius 2 is 1.88 bits per heavy atom. The molecule has 1 N–H and O–H groups in total. The van der Waals surface area contributed by atoms with Gasteiger partial charge in [-0.05, 0) is 74.2 Å². The number of fused-ring (bicyclic) bond motifs is 3. The number of ether oxygens (including phenoxy) is 1. The molecule has 2 aromatic heterocycles. The van der Waals surface area contributed by atoms with Crippen LogP contribution in [0.1, 0.15) is 48.2 Å². The van der Waals surface area contributed by atoms with Crippen LogP contribution in [0.2, 0.25) is 0 Å². The van der Waals surface area contributed by atoms with E-state index in [1.165, 1.54) is 30.3 Å². The van der Waals surface area contributed by atoms with E-state index in [1.807, 2.05) is 18.2 Å². The highest BCUT2D eigenvalue weighted by atomic mass is 19.3. The zero-order valence-corrected chi connectivity index (χ0v) is 21.9. The number of halogens is 2. The Morgan fingerprint density at radius 3 is 2.62 bits per heavy atom. The van der Waals surface area contributed by atoms with Gasteiger partial charge in [0.25, 0.3) is 5.56 Å². The molecule has 1 aliphatic heterocycles. The maximum atomic E-state index is 15.8. The molecular weight excluding hydrogens is 512 g/mol. The lowest BCUT2D eigenvalue weighted by Gasteiger charge is -2.23. The predicted molar refractivity (Wildman–Crippen MR) is 146 cm³/mol. The van der Waals surface area contributed by atoms with Gasteiger partial charge < -0.3 is 10.1 Å². The van der Waals surface area contributed by atoms with Crippen LogP contribution in [0.5, 0.6) is 5.75 Å². The van der Waals surface area contributed by atoms with Crippen molar-refractivity contribution in [3.63, 3.8) is 0 Å². The molecule has 202 valence electrons. The van der Waals surface area contributed by atoms with Crippen LogP contribution < -0.4 is 15.6 Å². The molecule has 3 heterocycles. The molecule has 2 aliphatic rings. The van der Waals surface area contributed by atoms with Crippen molar-refractivity contribution in [2.24, 2.45) is 5.92 Å². The first-order chi connectivity index (χ1) is 19.4. The molecule has 9 heteroatoms. The molecule has 1 saturated heterocycles. The summed E-state index contributed by atoms with van der Waals surface area (Å²) >= 11 is 0. The highest BCUT2D eigenvalue weighted by molar-refractivity contribution is 5.79. The standard InChI is InChI=1S/C31H27F2N5O2/c1-19(38-28(39)8-6-25-26-13-21(15-34)5-7-27(26)31(32,33)29(25)38)22-3-2-4-23(14-22)30-36-16-24(17-37-30)40-18-20-9-11-35-12-10-20/h2-8,13-14,16-17,19-20,35H,9-12,18H2,1H3/t19-/m1/s1. The van der Waals surface area contributed by atoms with Crippen LogP contribution in [0.4, 0.5) is 8.78 Å². The van der Waals surface area contributed by atoms with Crippen LogP contribution in [0.3, 0.4) is 0 Å². The average Bonchev–Trinajstić information content (AvgIpc) is 3.22. The second-order valence-electron chi connectivity index (χ2n) is 10.3. The Labute approximate surface area is 230 Å². The first kappa shape index (κ1) is 25.8. The molecule has 0 saturated carbocycles. The Bertz CT molecular complexity index is 1670. The van der Waals surface area contributed by atoms with Gasteiger partial charge in [0.15, 0.2) is 11.6 Å². The summed E-state index contributed by atoms with van der Waals surface area (Å²) < 4.78 is 38.6. The summed E-state index contributed by atoms with van der Waals surface area (Å²) in [6.45, 7) is 4.35. The lowest BCUT2D eigenvalue weighted by atomic mass is 9.99. The van der Waals surface area contributed by atoms with Crippen molar-refractivity contribution in [3.05, 3.63) is 99.7 Å². The fraction of sp³-hybridized carbons (Fsp3) is 0.290. The van der Waals surface area contributed by atoms with E-state index in [-0.39, 0.29) is 27.9 Å². The maximum Gasteiger partial charge on any atom is 0.314 e. The molecule has 0 spiro atoms. The van der Waals surface area contributed by atoms with Crippen LogP contribution in [-0.4, -0.2) is 34.2 Å². The van der Waals surface area contributed by atoms with E-state index in [0.29, 0.717) is 35.2 Å². The molecule has 0 bridgehead atoms. The minimum Gasteiger partial charge on any atom is -0.490 e. The minimum absolute atomic E-state index is 0.210. The van der Waals surface area contributed by atoms with Crippen LogP contribution in [0, 0.1) is 17.2 Å². The average molecular weight is 540 g/mol. The first-order valence-corrected chi connectivity index (χ1v) is 13.3. The van der Waals surface area contributed by atoms with E-state index in [1.54, 1.807) is 31.5 Å². The number of piperidine rings is 1. The molecule has 0 unspecified atom stereocenters. The summed E-state index contributed by atoms with van der Waals surface area (Å²) in [4.78, 5) is 22.0. The lowest BCUT2D eigenvalue weighted by molar-refractivity contribution is 0.0376. The third-order valence-corrected chi connectivity index (χ3v) is 7.79. The van der Waals surface area contributed by atoms with Gasteiger partial charge in [0.05, 0.1) is 36.7 Å².